The number of fused-ring (bicyclic) bond motifs is 10. The van der Waals surface area contributed by atoms with Gasteiger partial charge in [-0.3, -0.25) is 0 Å². The summed E-state index contributed by atoms with van der Waals surface area (Å²) >= 11 is 0. The Bertz CT molecular complexity index is 3900. The molecular formula is C67H51BN2O. The first-order valence-electron chi connectivity index (χ1n) is 25.0. The Morgan fingerprint density at radius 2 is 1.11 bits per heavy atom. The minimum absolute atomic E-state index is 0.0692. The van der Waals surface area contributed by atoms with Gasteiger partial charge in [0.05, 0.1) is 22.2 Å². The molecule has 0 saturated heterocycles. The van der Waals surface area contributed by atoms with E-state index < -0.39 is 5.41 Å². The lowest BCUT2D eigenvalue weighted by Gasteiger charge is -2.53. The minimum atomic E-state index is -0.612. The van der Waals surface area contributed by atoms with Crippen molar-refractivity contribution in [2.75, 3.05) is 9.71 Å². The molecule has 0 saturated carbocycles. The van der Waals surface area contributed by atoms with Crippen LogP contribution in [0.15, 0.2) is 223 Å². The lowest BCUT2D eigenvalue weighted by Crippen LogP contribution is -2.63. The van der Waals surface area contributed by atoms with Crippen molar-refractivity contribution in [3.8, 4) is 33.4 Å². The Balaban J connectivity index is 1.19. The van der Waals surface area contributed by atoms with Crippen LogP contribution < -0.4 is 20.6 Å². The van der Waals surface area contributed by atoms with Crippen LogP contribution in [0.25, 0.3) is 55.3 Å². The van der Waals surface area contributed by atoms with Crippen LogP contribution in [-0.2, 0) is 10.8 Å². The fraction of sp³-hybridized carbons (Fsp3) is 0.104. The van der Waals surface area contributed by atoms with E-state index in [9.17, 15) is 0 Å². The van der Waals surface area contributed by atoms with Crippen molar-refractivity contribution in [3.63, 3.8) is 0 Å². The van der Waals surface area contributed by atoms with Crippen LogP contribution in [-0.4, -0.2) is 6.85 Å². The summed E-state index contributed by atoms with van der Waals surface area (Å²) in [7, 11) is 0. The Kier molecular flexibility index (Phi) is 8.99. The average Bonchev–Trinajstić information content (AvgIpc) is 3.79. The summed E-state index contributed by atoms with van der Waals surface area (Å²) in [5, 5.41) is 2.23. The van der Waals surface area contributed by atoms with Gasteiger partial charge in [0, 0.05) is 33.6 Å². The van der Waals surface area contributed by atoms with Crippen molar-refractivity contribution in [1.29, 1.82) is 0 Å². The molecule has 3 aliphatic rings. The van der Waals surface area contributed by atoms with Gasteiger partial charge >= 0.3 is 6.85 Å². The number of benzene rings is 10. The van der Waals surface area contributed by atoms with Crippen LogP contribution in [0.1, 0.15) is 59.7 Å². The van der Waals surface area contributed by atoms with Crippen molar-refractivity contribution in [3.05, 3.63) is 257 Å². The molecular weight excluding hydrogens is 860 g/mol. The van der Waals surface area contributed by atoms with Gasteiger partial charge in [-0.05, 0) is 134 Å². The summed E-state index contributed by atoms with van der Waals surface area (Å²) < 4.78 is 6.88. The van der Waals surface area contributed by atoms with E-state index in [1.165, 1.54) is 100 Å². The summed E-state index contributed by atoms with van der Waals surface area (Å²) in [6.45, 7) is 11.3. The molecule has 71 heavy (non-hydrogen) atoms. The van der Waals surface area contributed by atoms with Crippen molar-refractivity contribution in [1.82, 2.24) is 0 Å². The van der Waals surface area contributed by atoms with Crippen LogP contribution in [0.2, 0.25) is 0 Å². The third-order valence-electron chi connectivity index (χ3n) is 15.9. The van der Waals surface area contributed by atoms with Gasteiger partial charge in [0.15, 0.2) is 0 Å². The molecule has 0 bridgehead atoms. The highest BCUT2D eigenvalue weighted by atomic mass is 16.3. The molecule has 0 fully saturated rings. The molecule has 0 amide bonds. The zero-order valence-electron chi connectivity index (χ0n) is 40.7. The molecule has 11 aromatic rings. The van der Waals surface area contributed by atoms with Gasteiger partial charge in [-0.15, -0.1) is 0 Å². The summed E-state index contributed by atoms with van der Waals surface area (Å²) in [5.41, 5.74) is 25.7. The third-order valence-corrected chi connectivity index (χ3v) is 15.9. The molecule has 338 valence electrons. The standard InChI is InChI=1S/C67H51BN2O/c1-42-21-19-22-43(2)61(42)45-39-52-49-30-20-32-54-64(49)70(57-33-17-16-31-53(57)67(54,46-25-11-7-12-26-46)47-27-13-8-14-28-47)68-55-36-38-60-62(50-29-15-18-34-59(50)71-60)65(55)69(58(40-45)63(52)68)56-37-35-48(66(3,4)5)41-51(56)44-23-9-6-10-24-44/h6-41H,1-5H3. The number of hydrogen-bond acceptors (Lipinski definition) is 3. The number of anilines is 5. The summed E-state index contributed by atoms with van der Waals surface area (Å²) in [6, 6.07) is 81.9. The Hall–Kier alpha value is -8.34. The summed E-state index contributed by atoms with van der Waals surface area (Å²) in [4.78, 5) is 5.35. The summed E-state index contributed by atoms with van der Waals surface area (Å²) in [6.07, 6.45) is 0. The van der Waals surface area contributed by atoms with Crippen molar-refractivity contribution in [2.24, 2.45) is 0 Å². The van der Waals surface area contributed by atoms with E-state index in [1.54, 1.807) is 0 Å². The maximum atomic E-state index is 6.88. The highest BCUT2D eigenvalue weighted by Crippen LogP contribution is 2.61. The second-order valence-corrected chi connectivity index (χ2v) is 20.9. The molecule has 0 atom stereocenters. The number of nitrogens with zero attached hydrogens (tertiary/aromatic N) is 2. The highest BCUT2D eigenvalue weighted by molar-refractivity contribution is 6.94. The van der Waals surface area contributed by atoms with Gasteiger partial charge < -0.3 is 14.1 Å². The molecule has 0 spiro atoms. The van der Waals surface area contributed by atoms with Gasteiger partial charge in [0.2, 0.25) is 0 Å². The van der Waals surface area contributed by atoms with Crippen LogP contribution in [0.3, 0.4) is 0 Å². The quantitative estimate of drug-likeness (QED) is 0.160. The second-order valence-electron chi connectivity index (χ2n) is 20.9. The first kappa shape index (κ1) is 41.6. The molecule has 10 aromatic carbocycles. The first-order chi connectivity index (χ1) is 34.7. The van der Waals surface area contributed by atoms with E-state index in [0.29, 0.717) is 0 Å². The monoisotopic (exact) mass is 910 g/mol. The van der Waals surface area contributed by atoms with Gasteiger partial charge in [-0.1, -0.05) is 197 Å². The van der Waals surface area contributed by atoms with Gasteiger partial charge in [-0.2, -0.15) is 0 Å². The lowest BCUT2D eigenvalue weighted by atomic mass is 9.42. The predicted octanol–water partition coefficient (Wildman–Crippen LogP) is 16.2. The predicted molar refractivity (Wildman–Crippen MR) is 298 cm³/mol. The highest BCUT2D eigenvalue weighted by Gasteiger charge is 2.54. The van der Waals surface area contributed by atoms with Crippen molar-refractivity contribution >= 4 is 68.1 Å². The molecule has 1 aromatic heterocycles. The number of aryl methyl sites for hydroxylation is 2. The smallest absolute Gasteiger partial charge is 0.333 e. The van der Waals surface area contributed by atoms with Gasteiger partial charge in [0.1, 0.15) is 11.2 Å². The Labute approximate surface area is 416 Å². The van der Waals surface area contributed by atoms with E-state index in [2.05, 4.69) is 263 Å². The molecule has 0 N–H and O–H groups in total. The zero-order valence-corrected chi connectivity index (χ0v) is 40.7. The van der Waals surface area contributed by atoms with Crippen molar-refractivity contribution < 1.29 is 4.42 Å². The van der Waals surface area contributed by atoms with Gasteiger partial charge in [0.25, 0.3) is 0 Å². The fourth-order valence-electron chi connectivity index (χ4n) is 12.9. The maximum absolute atomic E-state index is 6.88. The van der Waals surface area contributed by atoms with E-state index in [1.807, 2.05) is 0 Å². The van der Waals surface area contributed by atoms with Crippen LogP contribution in [0.5, 0.6) is 0 Å². The van der Waals surface area contributed by atoms with Crippen LogP contribution >= 0.6 is 0 Å². The zero-order chi connectivity index (χ0) is 47.8. The fourth-order valence-corrected chi connectivity index (χ4v) is 12.9. The van der Waals surface area contributed by atoms with Gasteiger partial charge in [-0.25, -0.2) is 0 Å². The molecule has 4 heteroatoms. The van der Waals surface area contributed by atoms with Crippen LogP contribution in [0, 0.1) is 13.8 Å². The van der Waals surface area contributed by atoms with E-state index in [-0.39, 0.29) is 12.3 Å². The molecule has 0 unspecified atom stereocenters. The molecule has 0 aliphatic carbocycles. The largest absolute Gasteiger partial charge is 0.456 e. The van der Waals surface area contributed by atoms with E-state index in [0.717, 1.165) is 33.3 Å². The number of hydrogen-bond donors (Lipinski definition) is 0. The Morgan fingerprint density at radius 3 is 1.85 bits per heavy atom. The van der Waals surface area contributed by atoms with Crippen molar-refractivity contribution in [2.45, 2.75) is 45.4 Å². The lowest BCUT2D eigenvalue weighted by molar-refractivity contribution is 0.590. The molecule has 3 nitrogen and oxygen atoms in total. The van der Waals surface area contributed by atoms with Crippen LogP contribution in [0.4, 0.5) is 28.4 Å². The normalized spacial score (nSPS) is 14.0. The number of rotatable bonds is 5. The third kappa shape index (κ3) is 5.85. The first-order valence-corrected chi connectivity index (χ1v) is 25.0. The Morgan fingerprint density at radius 1 is 0.465 bits per heavy atom. The number of furan rings is 1. The molecule has 3 aliphatic heterocycles. The van der Waals surface area contributed by atoms with E-state index in [4.69, 9.17) is 4.42 Å². The number of para-hydroxylation sites is 3. The molecule has 4 heterocycles. The van der Waals surface area contributed by atoms with E-state index >= 15 is 0 Å². The SMILES string of the molecule is Cc1cccc(C)c1-c1cc2c3c(c1)N(c1ccc(C(C)(C)C)cc1-c1ccccc1)c1c(ccc4oc5ccccc5c14)B3N1c3ccccc3C(c3ccccc3)(c3ccccc3)c3cccc-2c31. The maximum Gasteiger partial charge on any atom is 0.333 e. The molecule has 14 rings (SSSR count). The second kappa shape index (κ2) is 15.3. The average molecular weight is 911 g/mol. The summed E-state index contributed by atoms with van der Waals surface area (Å²) in [5.74, 6) is 0. The topological polar surface area (TPSA) is 19.6 Å². The minimum Gasteiger partial charge on any atom is -0.456 e. The molecule has 0 radical (unpaired) electrons.